The topological polar surface area (TPSA) is 55.1 Å². The Hall–Kier alpha value is -2.33. The average Bonchev–Trinajstić information content (AvgIpc) is 2.85. The van der Waals surface area contributed by atoms with E-state index in [1.807, 2.05) is 41.8 Å². The second-order valence-electron chi connectivity index (χ2n) is 4.19. The molecule has 2 aromatic carbocycles. The minimum atomic E-state index is -0.129. The molecule has 0 fully saturated rings. The number of carbonyl (C=O) groups excluding carboxylic acids is 1. The lowest BCUT2D eigenvalue weighted by Gasteiger charge is -2.07. The number of hydrogen-bond acceptors (Lipinski definition) is 3. The highest BCUT2D eigenvalue weighted by atomic mass is 32.1. The highest BCUT2D eigenvalue weighted by Gasteiger charge is 2.12. The standard InChI is InChI=1S/C15H12N2OS/c16-12-6-2-3-7-13(12)17-15(18)11-9-19-14-8-4-1-5-10(11)14/h1-9H,16H2,(H,17,18). The van der Waals surface area contributed by atoms with Crippen LogP contribution in [-0.4, -0.2) is 5.91 Å². The van der Waals surface area contributed by atoms with E-state index in [2.05, 4.69) is 5.32 Å². The highest BCUT2D eigenvalue weighted by molar-refractivity contribution is 7.17. The van der Waals surface area contributed by atoms with Crippen LogP contribution in [-0.2, 0) is 0 Å². The molecular formula is C15H12N2OS. The van der Waals surface area contributed by atoms with Gasteiger partial charge in [-0.05, 0) is 18.2 Å². The van der Waals surface area contributed by atoms with Gasteiger partial charge in [-0.3, -0.25) is 4.79 Å². The monoisotopic (exact) mass is 268 g/mol. The Kier molecular flexibility index (Phi) is 2.93. The van der Waals surface area contributed by atoms with Gasteiger partial charge in [0.15, 0.2) is 0 Å². The molecular weight excluding hydrogens is 256 g/mol. The van der Waals surface area contributed by atoms with Gasteiger partial charge in [0.1, 0.15) is 0 Å². The van der Waals surface area contributed by atoms with E-state index in [0.717, 1.165) is 10.1 Å². The molecule has 1 heterocycles. The van der Waals surface area contributed by atoms with Crippen molar-refractivity contribution in [2.24, 2.45) is 0 Å². The molecule has 0 aliphatic rings. The molecule has 0 saturated heterocycles. The highest BCUT2D eigenvalue weighted by Crippen LogP contribution is 2.27. The van der Waals surface area contributed by atoms with Crippen molar-refractivity contribution in [2.45, 2.75) is 0 Å². The molecule has 0 saturated carbocycles. The minimum Gasteiger partial charge on any atom is -0.397 e. The van der Waals surface area contributed by atoms with Crippen LogP contribution in [0.25, 0.3) is 10.1 Å². The van der Waals surface area contributed by atoms with Crippen molar-refractivity contribution in [1.29, 1.82) is 0 Å². The number of para-hydroxylation sites is 2. The number of thiophene rings is 1. The van der Waals surface area contributed by atoms with Gasteiger partial charge in [0.25, 0.3) is 5.91 Å². The number of nitrogens with two attached hydrogens (primary N) is 1. The van der Waals surface area contributed by atoms with Gasteiger partial charge in [0.2, 0.25) is 0 Å². The van der Waals surface area contributed by atoms with Crippen molar-refractivity contribution in [3.05, 3.63) is 59.5 Å². The van der Waals surface area contributed by atoms with Gasteiger partial charge in [-0.25, -0.2) is 0 Å². The SMILES string of the molecule is Nc1ccccc1NC(=O)c1csc2ccccc12. The first-order valence-corrected chi connectivity index (χ1v) is 6.76. The normalized spacial score (nSPS) is 10.5. The lowest BCUT2D eigenvalue weighted by molar-refractivity contribution is 0.102. The zero-order valence-corrected chi connectivity index (χ0v) is 10.9. The number of nitrogen functional groups attached to an aromatic ring is 1. The minimum absolute atomic E-state index is 0.129. The Bertz CT molecular complexity index is 748. The van der Waals surface area contributed by atoms with Crippen LogP contribution >= 0.6 is 11.3 Å². The number of carbonyl (C=O) groups is 1. The summed E-state index contributed by atoms with van der Waals surface area (Å²) in [5.74, 6) is -0.129. The van der Waals surface area contributed by atoms with Gasteiger partial charge in [0, 0.05) is 15.5 Å². The second kappa shape index (κ2) is 4.74. The van der Waals surface area contributed by atoms with Crippen LogP contribution in [0.4, 0.5) is 11.4 Å². The molecule has 0 radical (unpaired) electrons. The molecule has 1 aromatic heterocycles. The Labute approximate surface area is 114 Å². The van der Waals surface area contributed by atoms with Gasteiger partial charge >= 0.3 is 0 Å². The number of hydrogen-bond donors (Lipinski definition) is 2. The molecule has 4 heteroatoms. The number of fused-ring (bicyclic) bond motifs is 1. The van der Waals surface area contributed by atoms with Crippen LogP contribution in [0.5, 0.6) is 0 Å². The van der Waals surface area contributed by atoms with E-state index in [0.29, 0.717) is 16.9 Å². The maximum absolute atomic E-state index is 12.3. The van der Waals surface area contributed by atoms with E-state index in [1.165, 1.54) is 0 Å². The molecule has 3 aromatic rings. The summed E-state index contributed by atoms with van der Waals surface area (Å²) in [7, 11) is 0. The second-order valence-corrected chi connectivity index (χ2v) is 5.10. The molecule has 0 atom stereocenters. The van der Waals surface area contributed by atoms with Crippen LogP contribution in [0.3, 0.4) is 0 Å². The summed E-state index contributed by atoms with van der Waals surface area (Å²) in [4.78, 5) is 12.3. The maximum Gasteiger partial charge on any atom is 0.257 e. The van der Waals surface area contributed by atoms with Crippen molar-refractivity contribution >= 4 is 38.7 Å². The summed E-state index contributed by atoms with van der Waals surface area (Å²) in [6, 6.07) is 15.1. The summed E-state index contributed by atoms with van der Waals surface area (Å²) in [6.45, 7) is 0. The lowest BCUT2D eigenvalue weighted by atomic mass is 10.1. The Morgan fingerprint density at radius 1 is 1.05 bits per heavy atom. The molecule has 3 N–H and O–H groups in total. The summed E-state index contributed by atoms with van der Waals surface area (Å²) in [5, 5.41) is 5.69. The first-order valence-electron chi connectivity index (χ1n) is 5.88. The molecule has 3 rings (SSSR count). The summed E-state index contributed by atoms with van der Waals surface area (Å²) < 4.78 is 1.11. The molecule has 0 aliphatic heterocycles. The Morgan fingerprint density at radius 2 is 1.79 bits per heavy atom. The largest absolute Gasteiger partial charge is 0.397 e. The molecule has 0 unspecified atom stereocenters. The third-order valence-electron chi connectivity index (χ3n) is 2.93. The predicted octanol–water partition coefficient (Wildman–Crippen LogP) is 3.74. The van der Waals surface area contributed by atoms with E-state index < -0.39 is 0 Å². The molecule has 19 heavy (non-hydrogen) atoms. The third kappa shape index (κ3) is 2.18. The molecule has 0 spiro atoms. The smallest absolute Gasteiger partial charge is 0.257 e. The number of anilines is 2. The molecule has 94 valence electrons. The van der Waals surface area contributed by atoms with Crippen LogP contribution in [0.15, 0.2) is 53.9 Å². The fourth-order valence-corrected chi connectivity index (χ4v) is 2.90. The molecule has 3 nitrogen and oxygen atoms in total. The number of rotatable bonds is 2. The van der Waals surface area contributed by atoms with E-state index in [4.69, 9.17) is 5.73 Å². The summed E-state index contributed by atoms with van der Waals surface area (Å²) in [6.07, 6.45) is 0. The number of benzene rings is 2. The molecule has 0 bridgehead atoms. The van der Waals surface area contributed by atoms with Crippen molar-refractivity contribution < 1.29 is 4.79 Å². The van der Waals surface area contributed by atoms with Crippen molar-refractivity contribution in [2.75, 3.05) is 11.1 Å². The van der Waals surface area contributed by atoms with Crippen molar-refractivity contribution in [3.63, 3.8) is 0 Å². The van der Waals surface area contributed by atoms with Crippen LogP contribution in [0.2, 0.25) is 0 Å². The predicted molar refractivity (Wildman–Crippen MR) is 80.6 cm³/mol. The van der Waals surface area contributed by atoms with Gasteiger partial charge < -0.3 is 11.1 Å². The number of nitrogens with one attached hydrogen (secondary N) is 1. The van der Waals surface area contributed by atoms with Gasteiger partial charge in [-0.15, -0.1) is 11.3 Å². The van der Waals surface area contributed by atoms with Gasteiger partial charge in [-0.1, -0.05) is 30.3 Å². The molecule has 1 amide bonds. The van der Waals surface area contributed by atoms with E-state index >= 15 is 0 Å². The first-order chi connectivity index (χ1) is 9.25. The fourth-order valence-electron chi connectivity index (χ4n) is 1.95. The quantitative estimate of drug-likeness (QED) is 0.696. The first kappa shape index (κ1) is 11.7. The van der Waals surface area contributed by atoms with Crippen LogP contribution in [0, 0.1) is 0 Å². The van der Waals surface area contributed by atoms with E-state index in [1.54, 1.807) is 23.5 Å². The fraction of sp³-hybridized carbons (Fsp3) is 0. The zero-order chi connectivity index (χ0) is 13.2. The maximum atomic E-state index is 12.3. The van der Waals surface area contributed by atoms with Crippen molar-refractivity contribution in [3.8, 4) is 0 Å². The molecule has 0 aliphatic carbocycles. The summed E-state index contributed by atoms with van der Waals surface area (Å²) >= 11 is 1.56. The van der Waals surface area contributed by atoms with E-state index in [-0.39, 0.29) is 5.91 Å². The number of amides is 1. The Morgan fingerprint density at radius 3 is 2.63 bits per heavy atom. The van der Waals surface area contributed by atoms with Gasteiger partial charge in [-0.2, -0.15) is 0 Å². The van der Waals surface area contributed by atoms with Crippen molar-refractivity contribution in [1.82, 2.24) is 0 Å². The summed E-state index contributed by atoms with van der Waals surface area (Å²) in [5.41, 5.74) is 7.71. The average molecular weight is 268 g/mol. The third-order valence-corrected chi connectivity index (χ3v) is 3.90. The van der Waals surface area contributed by atoms with Crippen LogP contribution in [0.1, 0.15) is 10.4 Å². The van der Waals surface area contributed by atoms with E-state index in [9.17, 15) is 4.79 Å². The van der Waals surface area contributed by atoms with Crippen LogP contribution < -0.4 is 11.1 Å². The zero-order valence-electron chi connectivity index (χ0n) is 10.1. The lowest BCUT2D eigenvalue weighted by Crippen LogP contribution is -2.12. The van der Waals surface area contributed by atoms with Gasteiger partial charge in [0.05, 0.1) is 16.9 Å². The Balaban J connectivity index is 1.95.